The predicted octanol–water partition coefficient (Wildman–Crippen LogP) is 2.20. The molecule has 0 aromatic carbocycles. The lowest BCUT2D eigenvalue weighted by Crippen LogP contribution is -2.35. The van der Waals surface area contributed by atoms with E-state index in [1.54, 1.807) is 0 Å². The van der Waals surface area contributed by atoms with Crippen molar-refractivity contribution >= 4 is 22.4 Å². The van der Waals surface area contributed by atoms with E-state index >= 15 is 0 Å². The van der Waals surface area contributed by atoms with Gasteiger partial charge in [0.1, 0.15) is 0 Å². The lowest BCUT2D eigenvalue weighted by atomic mass is 9.89. The summed E-state index contributed by atoms with van der Waals surface area (Å²) in [6, 6.07) is 0. The molecule has 0 saturated carbocycles. The molecule has 94 valence electrons. The fourth-order valence-corrected chi connectivity index (χ4v) is 2.73. The Morgan fingerprint density at radius 1 is 1.65 bits per heavy atom. The number of nitrogens with one attached hydrogen (secondary N) is 2. The topological polar surface area (TPSA) is 54.0 Å². The van der Waals surface area contributed by atoms with Gasteiger partial charge >= 0.3 is 0 Å². The number of aromatic nitrogens is 1. The normalized spacial score (nSPS) is 24.2. The second-order valence-corrected chi connectivity index (χ2v) is 6.03. The summed E-state index contributed by atoms with van der Waals surface area (Å²) >= 11 is 1.50. The van der Waals surface area contributed by atoms with Gasteiger partial charge in [0.05, 0.1) is 11.1 Å². The van der Waals surface area contributed by atoms with Crippen molar-refractivity contribution in [1.82, 2.24) is 10.3 Å². The first-order chi connectivity index (χ1) is 8.01. The molecule has 1 saturated heterocycles. The van der Waals surface area contributed by atoms with Crippen LogP contribution in [0, 0.1) is 5.41 Å². The smallest absolute Gasteiger partial charge is 0.233 e. The number of carbonyl (C=O) groups is 1. The zero-order valence-electron chi connectivity index (χ0n) is 10.5. The van der Waals surface area contributed by atoms with E-state index in [-0.39, 0.29) is 11.3 Å². The molecular formula is C12H19N3OS. The van der Waals surface area contributed by atoms with E-state index in [4.69, 9.17) is 0 Å². The first-order valence-electron chi connectivity index (χ1n) is 5.99. The van der Waals surface area contributed by atoms with E-state index < -0.39 is 0 Å². The standard InChI is InChI=1S/C12H19N3OS/c1-8(2)9-6-17-11(14-9)15-10(16)12(3)4-5-13-7-12/h6,8,13H,4-5,7H2,1-3H3,(H,14,15,16). The number of thiazole rings is 1. The number of rotatable bonds is 3. The van der Waals surface area contributed by atoms with Gasteiger partial charge in [0, 0.05) is 11.9 Å². The first-order valence-corrected chi connectivity index (χ1v) is 6.87. The van der Waals surface area contributed by atoms with Crippen LogP contribution in [-0.2, 0) is 4.79 Å². The molecule has 17 heavy (non-hydrogen) atoms. The Hall–Kier alpha value is -0.940. The van der Waals surface area contributed by atoms with Crippen LogP contribution in [0.15, 0.2) is 5.38 Å². The average molecular weight is 253 g/mol. The van der Waals surface area contributed by atoms with Crippen molar-refractivity contribution in [1.29, 1.82) is 0 Å². The van der Waals surface area contributed by atoms with Crippen molar-refractivity contribution in [2.45, 2.75) is 33.1 Å². The molecule has 2 rings (SSSR count). The number of hydrogen-bond donors (Lipinski definition) is 2. The van der Waals surface area contributed by atoms with Gasteiger partial charge in [-0.25, -0.2) is 4.98 Å². The molecule has 1 aliphatic rings. The largest absolute Gasteiger partial charge is 0.316 e. The Morgan fingerprint density at radius 3 is 2.94 bits per heavy atom. The number of carbonyl (C=O) groups excluding carboxylic acids is 1. The van der Waals surface area contributed by atoms with Crippen molar-refractivity contribution in [3.63, 3.8) is 0 Å². The summed E-state index contributed by atoms with van der Waals surface area (Å²) in [5, 5.41) is 8.88. The van der Waals surface area contributed by atoms with Crippen molar-refractivity contribution in [3.05, 3.63) is 11.1 Å². The number of amides is 1. The van der Waals surface area contributed by atoms with Gasteiger partial charge in [-0.1, -0.05) is 13.8 Å². The van der Waals surface area contributed by atoms with Crippen LogP contribution in [0.4, 0.5) is 5.13 Å². The van der Waals surface area contributed by atoms with Crippen LogP contribution in [0.5, 0.6) is 0 Å². The summed E-state index contributed by atoms with van der Waals surface area (Å²) < 4.78 is 0. The lowest BCUT2D eigenvalue weighted by molar-refractivity contribution is -0.123. The molecule has 4 nitrogen and oxygen atoms in total. The van der Waals surface area contributed by atoms with Crippen LogP contribution in [-0.4, -0.2) is 24.0 Å². The van der Waals surface area contributed by atoms with E-state index in [1.165, 1.54) is 11.3 Å². The van der Waals surface area contributed by atoms with Crippen LogP contribution in [0.3, 0.4) is 0 Å². The molecule has 1 aromatic heterocycles. The Bertz CT molecular complexity index is 408. The number of anilines is 1. The van der Waals surface area contributed by atoms with Gasteiger partial charge in [0.15, 0.2) is 5.13 Å². The van der Waals surface area contributed by atoms with Crippen molar-refractivity contribution in [2.75, 3.05) is 18.4 Å². The third kappa shape index (κ3) is 2.66. The van der Waals surface area contributed by atoms with E-state index in [1.807, 2.05) is 12.3 Å². The molecule has 1 amide bonds. The van der Waals surface area contributed by atoms with Gasteiger partial charge in [-0.05, 0) is 25.8 Å². The second kappa shape index (κ2) is 4.74. The molecule has 0 bridgehead atoms. The van der Waals surface area contributed by atoms with Crippen LogP contribution >= 0.6 is 11.3 Å². The fraction of sp³-hybridized carbons (Fsp3) is 0.667. The molecule has 0 spiro atoms. The lowest BCUT2D eigenvalue weighted by Gasteiger charge is -2.20. The summed E-state index contributed by atoms with van der Waals surface area (Å²) in [6.45, 7) is 7.87. The zero-order chi connectivity index (χ0) is 12.5. The van der Waals surface area contributed by atoms with Crippen LogP contribution in [0.25, 0.3) is 0 Å². The van der Waals surface area contributed by atoms with Crippen LogP contribution in [0.2, 0.25) is 0 Å². The average Bonchev–Trinajstić information content (AvgIpc) is 2.88. The van der Waals surface area contributed by atoms with Gasteiger partial charge < -0.3 is 10.6 Å². The third-order valence-electron chi connectivity index (χ3n) is 3.25. The zero-order valence-corrected chi connectivity index (χ0v) is 11.4. The first kappa shape index (κ1) is 12.5. The van der Waals surface area contributed by atoms with Gasteiger partial charge in [-0.15, -0.1) is 11.3 Å². The highest BCUT2D eigenvalue weighted by atomic mass is 32.1. The maximum atomic E-state index is 12.1. The highest BCUT2D eigenvalue weighted by molar-refractivity contribution is 7.13. The van der Waals surface area contributed by atoms with Crippen molar-refractivity contribution < 1.29 is 4.79 Å². The molecule has 0 radical (unpaired) electrons. The molecule has 2 N–H and O–H groups in total. The van der Waals surface area contributed by atoms with E-state index in [9.17, 15) is 4.79 Å². The number of hydrogen-bond acceptors (Lipinski definition) is 4. The molecule has 1 unspecified atom stereocenters. The Kier molecular flexibility index (Phi) is 3.49. The summed E-state index contributed by atoms with van der Waals surface area (Å²) in [4.78, 5) is 16.5. The van der Waals surface area contributed by atoms with Crippen LogP contribution < -0.4 is 10.6 Å². The monoisotopic (exact) mass is 253 g/mol. The van der Waals surface area contributed by atoms with Gasteiger partial charge in [-0.2, -0.15) is 0 Å². The summed E-state index contributed by atoms with van der Waals surface area (Å²) in [6.07, 6.45) is 0.890. The fourth-order valence-electron chi connectivity index (χ4n) is 1.87. The summed E-state index contributed by atoms with van der Waals surface area (Å²) in [7, 11) is 0. The molecule has 1 atom stereocenters. The van der Waals surface area contributed by atoms with Crippen molar-refractivity contribution in [2.24, 2.45) is 5.41 Å². The minimum Gasteiger partial charge on any atom is -0.316 e. The predicted molar refractivity (Wildman–Crippen MR) is 70.4 cm³/mol. The number of nitrogens with zero attached hydrogens (tertiary/aromatic N) is 1. The molecule has 5 heteroatoms. The maximum absolute atomic E-state index is 12.1. The highest BCUT2D eigenvalue weighted by Gasteiger charge is 2.36. The Labute approximate surface area is 106 Å². The molecule has 1 aliphatic heterocycles. The van der Waals surface area contributed by atoms with E-state index in [0.717, 1.165) is 25.2 Å². The molecule has 2 heterocycles. The molecule has 0 aliphatic carbocycles. The minimum atomic E-state index is -0.288. The highest BCUT2D eigenvalue weighted by Crippen LogP contribution is 2.28. The SMILES string of the molecule is CC(C)c1csc(NC(=O)C2(C)CCNC2)n1. The van der Waals surface area contributed by atoms with Gasteiger partial charge in [-0.3, -0.25) is 4.79 Å². The van der Waals surface area contributed by atoms with Crippen LogP contribution in [0.1, 0.15) is 38.8 Å². The second-order valence-electron chi connectivity index (χ2n) is 5.17. The summed E-state index contributed by atoms with van der Waals surface area (Å²) in [5.74, 6) is 0.479. The quantitative estimate of drug-likeness (QED) is 0.868. The van der Waals surface area contributed by atoms with E-state index in [2.05, 4.69) is 29.5 Å². The molecule has 1 fully saturated rings. The van der Waals surface area contributed by atoms with Gasteiger partial charge in [0.2, 0.25) is 5.91 Å². The van der Waals surface area contributed by atoms with E-state index in [0.29, 0.717) is 11.0 Å². The Morgan fingerprint density at radius 2 is 2.41 bits per heavy atom. The molecular weight excluding hydrogens is 234 g/mol. The van der Waals surface area contributed by atoms with Crippen molar-refractivity contribution in [3.8, 4) is 0 Å². The Balaban J connectivity index is 2.02. The third-order valence-corrected chi connectivity index (χ3v) is 4.03. The maximum Gasteiger partial charge on any atom is 0.233 e. The summed E-state index contributed by atoms with van der Waals surface area (Å²) in [5.41, 5.74) is 0.754. The van der Waals surface area contributed by atoms with Gasteiger partial charge in [0.25, 0.3) is 0 Å². The minimum absolute atomic E-state index is 0.0761. The molecule has 1 aromatic rings.